The lowest BCUT2D eigenvalue weighted by Crippen LogP contribution is -2.21. The topological polar surface area (TPSA) is 76.7 Å². The lowest BCUT2D eigenvalue weighted by molar-refractivity contribution is -0.122. The molecule has 6 heteroatoms. The average molecular weight is 368 g/mol. The largest absolute Gasteiger partial charge is 0.497 e. The minimum absolute atomic E-state index is 0.129. The van der Waals surface area contributed by atoms with E-state index in [1.807, 2.05) is 32.0 Å². The Morgan fingerprint density at radius 3 is 2.22 bits per heavy atom. The SMILES string of the molecule is COc1ccc(OC)c(NC(=O)C2CC2C(=O)Nc2ccc(C)c(C)c2)c1. The monoisotopic (exact) mass is 368 g/mol. The zero-order valence-electron chi connectivity index (χ0n) is 16.0. The summed E-state index contributed by atoms with van der Waals surface area (Å²) >= 11 is 0. The molecule has 27 heavy (non-hydrogen) atoms. The molecular weight excluding hydrogens is 344 g/mol. The molecule has 3 rings (SSSR count). The number of amides is 2. The number of hydrogen-bond donors (Lipinski definition) is 2. The quantitative estimate of drug-likeness (QED) is 0.818. The highest BCUT2D eigenvalue weighted by atomic mass is 16.5. The first-order valence-electron chi connectivity index (χ1n) is 8.84. The van der Waals surface area contributed by atoms with Gasteiger partial charge in [-0.05, 0) is 55.7 Å². The van der Waals surface area contributed by atoms with Crippen molar-refractivity contribution in [1.29, 1.82) is 0 Å². The van der Waals surface area contributed by atoms with Crippen LogP contribution in [0.5, 0.6) is 11.5 Å². The Kier molecular flexibility index (Phi) is 5.35. The van der Waals surface area contributed by atoms with Gasteiger partial charge < -0.3 is 20.1 Å². The highest BCUT2D eigenvalue weighted by Crippen LogP contribution is 2.41. The smallest absolute Gasteiger partial charge is 0.228 e. The standard InChI is InChI=1S/C21H24N2O4/c1-12-5-6-14(9-13(12)2)22-20(24)16-11-17(16)21(25)23-18-10-15(26-3)7-8-19(18)27-4/h5-10,16-17H,11H2,1-4H3,(H,22,24)(H,23,25). The van der Waals surface area contributed by atoms with E-state index in [9.17, 15) is 9.59 Å². The third-order valence-corrected chi connectivity index (χ3v) is 4.90. The predicted octanol–water partition coefficient (Wildman–Crippen LogP) is 3.53. The van der Waals surface area contributed by atoms with Gasteiger partial charge in [-0.3, -0.25) is 9.59 Å². The molecule has 1 aliphatic carbocycles. The van der Waals surface area contributed by atoms with Crippen LogP contribution in [0.3, 0.4) is 0 Å². The molecule has 6 nitrogen and oxygen atoms in total. The second-order valence-electron chi connectivity index (χ2n) is 6.79. The highest BCUT2D eigenvalue weighted by molar-refractivity contribution is 6.03. The number of nitrogens with one attached hydrogen (secondary N) is 2. The Hall–Kier alpha value is -3.02. The molecule has 0 aliphatic heterocycles. The first-order chi connectivity index (χ1) is 12.9. The van der Waals surface area contributed by atoms with Gasteiger partial charge in [0.15, 0.2) is 0 Å². The Morgan fingerprint density at radius 2 is 1.59 bits per heavy atom. The maximum atomic E-state index is 12.5. The number of rotatable bonds is 6. The third kappa shape index (κ3) is 4.22. The number of methoxy groups -OCH3 is 2. The van der Waals surface area contributed by atoms with Crippen molar-refractivity contribution < 1.29 is 19.1 Å². The summed E-state index contributed by atoms with van der Waals surface area (Å²) in [6, 6.07) is 11.0. The summed E-state index contributed by atoms with van der Waals surface area (Å²) in [4.78, 5) is 24.9. The summed E-state index contributed by atoms with van der Waals surface area (Å²) in [5.41, 5.74) is 3.57. The van der Waals surface area contributed by atoms with E-state index in [4.69, 9.17) is 9.47 Å². The molecule has 142 valence electrons. The molecule has 0 heterocycles. The summed E-state index contributed by atoms with van der Waals surface area (Å²) in [6.07, 6.45) is 0.537. The van der Waals surface area contributed by atoms with Crippen LogP contribution in [-0.2, 0) is 9.59 Å². The van der Waals surface area contributed by atoms with Gasteiger partial charge in [0.1, 0.15) is 11.5 Å². The Labute approximate surface area is 158 Å². The molecule has 1 fully saturated rings. The summed E-state index contributed by atoms with van der Waals surface area (Å²) in [5.74, 6) is 0.181. The van der Waals surface area contributed by atoms with Gasteiger partial charge in [-0.1, -0.05) is 6.07 Å². The Bertz CT molecular complexity index is 878. The van der Waals surface area contributed by atoms with Gasteiger partial charge in [0.2, 0.25) is 11.8 Å². The Balaban J connectivity index is 1.61. The first-order valence-corrected chi connectivity index (χ1v) is 8.84. The fraction of sp³-hybridized carbons (Fsp3) is 0.333. The van der Waals surface area contributed by atoms with E-state index in [2.05, 4.69) is 10.6 Å². The summed E-state index contributed by atoms with van der Waals surface area (Å²) in [7, 11) is 3.09. The van der Waals surface area contributed by atoms with E-state index in [1.165, 1.54) is 12.7 Å². The van der Waals surface area contributed by atoms with Crippen LogP contribution >= 0.6 is 0 Å². The molecule has 1 saturated carbocycles. The van der Waals surface area contributed by atoms with Crippen molar-refractivity contribution in [3.05, 3.63) is 47.5 Å². The molecule has 2 aromatic carbocycles. The van der Waals surface area contributed by atoms with Gasteiger partial charge in [0, 0.05) is 11.8 Å². The van der Waals surface area contributed by atoms with Crippen LogP contribution in [-0.4, -0.2) is 26.0 Å². The van der Waals surface area contributed by atoms with Crippen molar-refractivity contribution in [1.82, 2.24) is 0 Å². The van der Waals surface area contributed by atoms with E-state index < -0.39 is 0 Å². The summed E-state index contributed by atoms with van der Waals surface area (Å²) in [5, 5.41) is 5.74. The summed E-state index contributed by atoms with van der Waals surface area (Å²) in [6.45, 7) is 4.02. The van der Waals surface area contributed by atoms with Crippen molar-refractivity contribution in [3.63, 3.8) is 0 Å². The van der Waals surface area contributed by atoms with Crippen molar-refractivity contribution in [2.75, 3.05) is 24.9 Å². The summed E-state index contributed by atoms with van der Waals surface area (Å²) < 4.78 is 10.5. The minimum Gasteiger partial charge on any atom is -0.497 e. The van der Waals surface area contributed by atoms with Gasteiger partial charge >= 0.3 is 0 Å². The third-order valence-electron chi connectivity index (χ3n) is 4.90. The molecule has 2 amide bonds. The van der Waals surface area contributed by atoms with Crippen LogP contribution in [0.4, 0.5) is 11.4 Å². The normalized spacial score (nSPS) is 17.8. The maximum Gasteiger partial charge on any atom is 0.228 e. The number of ether oxygens (including phenoxy) is 2. The zero-order chi connectivity index (χ0) is 19.6. The van der Waals surface area contributed by atoms with Gasteiger partial charge in [-0.15, -0.1) is 0 Å². The van der Waals surface area contributed by atoms with Crippen LogP contribution in [0.1, 0.15) is 17.5 Å². The first kappa shape index (κ1) is 18.8. The second-order valence-corrected chi connectivity index (χ2v) is 6.79. The molecule has 0 saturated heterocycles. The molecule has 2 N–H and O–H groups in total. The van der Waals surface area contributed by atoms with Gasteiger partial charge in [-0.25, -0.2) is 0 Å². The molecule has 0 bridgehead atoms. The second kappa shape index (κ2) is 7.70. The van der Waals surface area contributed by atoms with Crippen molar-refractivity contribution >= 4 is 23.2 Å². The van der Waals surface area contributed by atoms with Crippen molar-refractivity contribution in [3.8, 4) is 11.5 Å². The van der Waals surface area contributed by atoms with Crippen molar-refractivity contribution in [2.45, 2.75) is 20.3 Å². The van der Waals surface area contributed by atoms with E-state index in [-0.39, 0.29) is 23.7 Å². The molecule has 2 atom stereocenters. The fourth-order valence-corrected chi connectivity index (χ4v) is 2.97. The molecule has 1 aliphatic rings. The number of carbonyl (C=O) groups excluding carboxylic acids is 2. The molecular formula is C21H24N2O4. The predicted molar refractivity (Wildman–Crippen MR) is 104 cm³/mol. The van der Waals surface area contributed by atoms with Crippen LogP contribution in [0.25, 0.3) is 0 Å². The lowest BCUT2D eigenvalue weighted by Gasteiger charge is -2.12. The fourth-order valence-electron chi connectivity index (χ4n) is 2.97. The molecule has 2 unspecified atom stereocenters. The van der Waals surface area contributed by atoms with E-state index in [0.29, 0.717) is 23.6 Å². The number of anilines is 2. The highest BCUT2D eigenvalue weighted by Gasteiger charge is 2.48. The lowest BCUT2D eigenvalue weighted by atomic mass is 10.1. The zero-order valence-corrected chi connectivity index (χ0v) is 16.0. The molecule has 0 radical (unpaired) electrons. The molecule has 0 aromatic heterocycles. The van der Waals surface area contributed by atoms with Crippen LogP contribution < -0.4 is 20.1 Å². The number of benzene rings is 2. The van der Waals surface area contributed by atoms with Crippen LogP contribution in [0, 0.1) is 25.7 Å². The average Bonchev–Trinajstić information content (AvgIpc) is 3.45. The Morgan fingerprint density at radius 1 is 0.889 bits per heavy atom. The van der Waals surface area contributed by atoms with Gasteiger partial charge in [0.05, 0.1) is 31.7 Å². The van der Waals surface area contributed by atoms with E-state index >= 15 is 0 Å². The number of carbonyl (C=O) groups is 2. The van der Waals surface area contributed by atoms with E-state index in [0.717, 1.165) is 11.3 Å². The van der Waals surface area contributed by atoms with Crippen LogP contribution in [0.2, 0.25) is 0 Å². The maximum absolute atomic E-state index is 12.5. The minimum atomic E-state index is -0.340. The number of hydrogen-bond acceptors (Lipinski definition) is 4. The number of aryl methyl sites for hydroxylation is 2. The van der Waals surface area contributed by atoms with Gasteiger partial charge in [0.25, 0.3) is 0 Å². The molecule has 2 aromatic rings. The van der Waals surface area contributed by atoms with Crippen LogP contribution in [0.15, 0.2) is 36.4 Å². The van der Waals surface area contributed by atoms with E-state index in [1.54, 1.807) is 25.3 Å². The molecule has 0 spiro atoms. The van der Waals surface area contributed by atoms with Crippen molar-refractivity contribution in [2.24, 2.45) is 11.8 Å². The van der Waals surface area contributed by atoms with Gasteiger partial charge in [-0.2, -0.15) is 0 Å².